The fraction of sp³-hybridized carbons (Fsp3) is 0.294. The lowest BCUT2D eigenvalue weighted by atomic mass is 10.0. The summed E-state index contributed by atoms with van der Waals surface area (Å²) in [4.78, 5) is 23.3. The summed E-state index contributed by atoms with van der Waals surface area (Å²) in [5.74, 6) is -2.21. The number of carbonyl (C=O) groups excluding carboxylic acids is 1. The van der Waals surface area contributed by atoms with Crippen molar-refractivity contribution in [1.82, 2.24) is 5.32 Å². The first-order chi connectivity index (χ1) is 11.4. The van der Waals surface area contributed by atoms with Crippen LogP contribution in [0, 0.1) is 12.7 Å². The molecule has 0 bridgehead atoms. The number of ether oxygens (including phenoxy) is 1. The van der Waals surface area contributed by atoms with Crippen LogP contribution in [0.2, 0.25) is 0 Å². The number of amides is 1. The number of carboxylic acid groups (broad SMARTS) is 1. The minimum absolute atomic E-state index is 0.112. The molecule has 1 aromatic heterocycles. The topological polar surface area (TPSA) is 88.8 Å². The molecule has 0 radical (unpaired) electrons. The summed E-state index contributed by atoms with van der Waals surface area (Å²) in [6.07, 6.45) is 0.483. The second kappa shape index (κ2) is 7.16. The van der Waals surface area contributed by atoms with Gasteiger partial charge in [-0.25, -0.2) is 9.18 Å². The zero-order valence-electron chi connectivity index (χ0n) is 13.6. The van der Waals surface area contributed by atoms with E-state index in [0.717, 1.165) is 0 Å². The van der Waals surface area contributed by atoms with E-state index in [1.807, 2.05) is 6.92 Å². The Bertz CT molecular complexity index is 768. The van der Waals surface area contributed by atoms with Gasteiger partial charge in [-0.05, 0) is 37.6 Å². The van der Waals surface area contributed by atoms with Gasteiger partial charge in [0.1, 0.15) is 11.6 Å². The third kappa shape index (κ3) is 3.56. The molecule has 1 atom stereocenters. The molecule has 7 heteroatoms. The number of halogens is 1. The number of nitrogens with one attached hydrogen (secondary N) is 1. The number of hydrogen-bond acceptors (Lipinski definition) is 4. The quantitative estimate of drug-likeness (QED) is 0.845. The van der Waals surface area contributed by atoms with Gasteiger partial charge in [-0.15, -0.1) is 0 Å². The Balaban J connectivity index is 2.27. The third-order valence-corrected chi connectivity index (χ3v) is 3.62. The van der Waals surface area contributed by atoms with Crippen molar-refractivity contribution in [1.29, 1.82) is 0 Å². The van der Waals surface area contributed by atoms with E-state index < -0.39 is 23.7 Å². The van der Waals surface area contributed by atoms with Gasteiger partial charge in [-0.2, -0.15) is 0 Å². The SMILES string of the molecule is CCC(NC(=O)c1cc(C)c(C(=O)O)o1)c1cc(F)ccc1OC. The van der Waals surface area contributed by atoms with Crippen molar-refractivity contribution in [2.24, 2.45) is 0 Å². The first kappa shape index (κ1) is 17.5. The van der Waals surface area contributed by atoms with Crippen LogP contribution >= 0.6 is 0 Å². The average molecular weight is 335 g/mol. The van der Waals surface area contributed by atoms with E-state index in [9.17, 15) is 14.0 Å². The lowest BCUT2D eigenvalue weighted by Gasteiger charge is -2.19. The van der Waals surface area contributed by atoms with Crippen LogP contribution in [0.25, 0.3) is 0 Å². The van der Waals surface area contributed by atoms with E-state index in [1.165, 1.54) is 38.3 Å². The minimum atomic E-state index is -1.25. The van der Waals surface area contributed by atoms with Gasteiger partial charge in [-0.1, -0.05) is 6.92 Å². The Morgan fingerprint density at radius 3 is 2.62 bits per heavy atom. The van der Waals surface area contributed by atoms with Crippen molar-refractivity contribution in [3.05, 3.63) is 52.7 Å². The Morgan fingerprint density at radius 2 is 2.08 bits per heavy atom. The van der Waals surface area contributed by atoms with Crippen LogP contribution in [0.4, 0.5) is 4.39 Å². The van der Waals surface area contributed by atoms with E-state index >= 15 is 0 Å². The minimum Gasteiger partial charge on any atom is -0.496 e. The van der Waals surface area contributed by atoms with Gasteiger partial charge >= 0.3 is 5.97 Å². The van der Waals surface area contributed by atoms with E-state index in [1.54, 1.807) is 0 Å². The van der Waals surface area contributed by atoms with Crippen LogP contribution in [-0.2, 0) is 0 Å². The summed E-state index contributed by atoms with van der Waals surface area (Å²) in [5, 5.41) is 11.7. The van der Waals surface area contributed by atoms with Crippen molar-refractivity contribution in [2.45, 2.75) is 26.3 Å². The third-order valence-electron chi connectivity index (χ3n) is 3.62. The standard InChI is InChI=1S/C17H18FNO5/c1-4-12(11-8-10(18)5-6-13(11)23-3)19-16(20)14-7-9(2)15(24-14)17(21)22/h5-8,12H,4H2,1-3H3,(H,19,20)(H,21,22). The largest absolute Gasteiger partial charge is 0.496 e. The molecular weight excluding hydrogens is 317 g/mol. The summed E-state index contributed by atoms with van der Waals surface area (Å²) in [7, 11) is 1.46. The molecule has 0 spiro atoms. The normalized spacial score (nSPS) is 11.8. The van der Waals surface area contributed by atoms with Crippen molar-refractivity contribution >= 4 is 11.9 Å². The molecule has 24 heavy (non-hydrogen) atoms. The first-order valence-corrected chi connectivity index (χ1v) is 7.35. The van der Waals surface area contributed by atoms with Gasteiger partial charge in [0, 0.05) is 11.1 Å². The first-order valence-electron chi connectivity index (χ1n) is 7.35. The number of hydrogen-bond donors (Lipinski definition) is 2. The van der Waals surface area contributed by atoms with Crippen molar-refractivity contribution < 1.29 is 28.2 Å². The predicted octanol–water partition coefficient (Wildman–Crippen LogP) is 3.32. The van der Waals surface area contributed by atoms with E-state index in [0.29, 0.717) is 23.3 Å². The number of furan rings is 1. The number of aromatic carboxylic acids is 1. The molecule has 0 aliphatic rings. The number of benzene rings is 1. The molecule has 1 amide bonds. The average Bonchev–Trinajstić information content (AvgIpc) is 2.94. The van der Waals surface area contributed by atoms with Gasteiger partial charge < -0.3 is 19.6 Å². The molecule has 1 unspecified atom stereocenters. The van der Waals surface area contributed by atoms with Crippen LogP contribution in [0.15, 0.2) is 28.7 Å². The van der Waals surface area contributed by atoms with Gasteiger partial charge in [-0.3, -0.25) is 4.79 Å². The molecule has 1 heterocycles. The van der Waals surface area contributed by atoms with Crippen LogP contribution in [0.3, 0.4) is 0 Å². The summed E-state index contributed by atoms with van der Waals surface area (Å²) >= 11 is 0. The Labute approximate surface area is 138 Å². The maximum Gasteiger partial charge on any atom is 0.372 e. The van der Waals surface area contributed by atoms with Crippen LogP contribution in [0.1, 0.15) is 51.6 Å². The molecule has 1 aromatic carbocycles. The monoisotopic (exact) mass is 335 g/mol. The highest BCUT2D eigenvalue weighted by molar-refractivity contribution is 5.94. The van der Waals surface area contributed by atoms with Gasteiger partial charge in [0.15, 0.2) is 5.76 Å². The lowest BCUT2D eigenvalue weighted by molar-refractivity contribution is 0.0658. The second-order valence-corrected chi connectivity index (χ2v) is 5.25. The van der Waals surface area contributed by atoms with Crippen LogP contribution < -0.4 is 10.1 Å². The van der Waals surface area contributed by atoms with Crippen molar-refractivity contribution in [3.63, 3.8) is 0 Å². The molecule has 128 valence electrons. The van der Waals surface area contributed by atoms with Crippen LogP contribution in [-0.4, -0.2) is 24.1 Å². The van der Waals surface area contributed by atoms with Crippen molar-refractivity contribution in [2.75, 3.05) is 7.11 Å². The molecule has 0 fully saturated rings. The molecule has 0 aliphatic heterocycles. The second-order valence-electron chi connectivity index (χ2n) is 5.25. The summed E-state index contributed by atoms with van der Waals surface area (Å²) in [6.45, 7) is 3.36. The van der Waals surface area contributed by atoms with Gasteiger partial charge in [0.25, 0.3) is 5.91 Å². The smallest absolute Gasteiger partial charge is 0.372 e. The van der Waals surface area contributed by atoms with Crippen LogP contribution in [0.5, 0.6) is 5.75 Å². The van der Waals surface area contributed by atoms with E-state index in [-0.39, 0.29) is 11.5 Å². The molecule has 2 aromatic rings. The molecule has 2 rings (SSSR count). The van der Waals surface area contributed by atoms with Gasteiger partial charge in [0.2, 0.25) is 5.76 Å². The molecule has 6 nitrogen and oxygen atoms in total. The number of rotatable bonds is 6. The summed E-state index contributed by atoms with van der Waals surface area (Å²) < 4.78 is 23.8. The lowest BCUT2D eigenvalue weighted by Crippen LogP contribution is -2.28. The number of carbonyl (C=O) groups is 2. The maximum atomic E-state index is 13.5. The zero-order valence-corrected chi connectivity index (χ0v) is 13.6. The molecule has 0 saturated carbocycles. The Kier molecular flexibility index (Phi) is 5.23. The van der Waals surface area contributed by atoms with Gasteiger partial charge in [0.05, 0.1) is 13.2 Å². The number of carboxylic acids is 1. The zero-order chi connectivity index (χ0) is 17.9. The number of methoxy groups -OCH3 is 1. The molecule has 0 saturated heterocycles. The molecule has 0 aliphatic carbocycles. The maximum absolute atomic E-state index is 13.5. The fourth-order valence-electron chi connectivity index (χ4n) is 2.41. The molecular formula is C17H18FNO5. The fourth-order valence-corrected chi connectivity index (χ4v) is 2.41. The van der Waals surface area contributed by atoms with E-state index in [2.05, 4.69) is 5.32 Å². The van der Waals surface area contributed by atoms with Crippen molar-refractivity contribution in [3.8, 4) is 5.75 Å². The highest BCUT2D eigenvalue weighted by Gasteiger charge is 2.23. The highest BCUT2D eigenvalue weighted by atomic mass is 19.1. The van der Waals surface area contributed by atoms with E-state index in [4.69, 9.17) is 14.3 Å². The number of aryl methyl sites for hydroxylation is 1. The summed E-state index contributed by atoms with van der Waals surface area (Å²) in [5.41, 5.74) is 0.846. The Morgan fingerprint density at radius 1 is 1.38 bits per heavy atom. The highest BCUT2D eigenvalue weighted by Crippen LogP contribution is 2.28. The summed E-state index contributed by atoms with van der Waals surface area (Å²) in [6, 6.07) is 4.89. The predicted molar refractivity (Wildman–Crippen MR) is 83.9 cm³/mol. The Hall–Kier alpha value is -2.83. The molecule has 2 N–H and O–H groups in total.